The van der Waals surface area contributed by atoms with Gasteiger partial charge < -0.3 is 10.1 Å². The molecule has 19 heavy (non-hydrogen) atoms. The van der Waals surface area contributed by atoms with Gasteiger partial charge in [-0.3, -0.25) is 4.79 Å². The second-order valence-electron chi connectivity index (χ2n) is 5.89. The molecule has 3 heteroatoms. The lowest BCUT2D eigenvalue weighted by molar-refractivity contribution is -0.157. The zero-order chi connectivity index (χ0) is 14.9. The first-order chi connectivity index (χ1) is 8.91. The van der Waals surface area contributed by atoms with Crippen molar-refractivity contribution in [3.05, 3.63) is 0 Å². The maximum Gasteiger partial charge on any atom is 0.313 e. The standard InChI is InChI=1S/C16H33NO2/c1-7-10-11-13-17-16(5,12-8-2)15(4,9-3)14(18)19-6/h17H,7-13H2,1-6H3. The Hall–Kier alpha value is -0.570. The van der Waals surface area contributed by atoms with E-state index in [4.69, 9.17) is 4.74 Å². The zero-order valence-electron chi connectivity index (χ0n) is 13.8. The predicted molar refractivity (Wildman–Crippen MR) is 81.3 cm³/mol. The van der Waals surface area contributed by atoms with Crippen molar-refractivity contribution in [1.29, 1.82) is 0 Å². The van der Waals surface area contributed by atoms with Gasteiger partial charge in [-0.1, -0.05) is 40.0 Å². The Balaban J connectivity index is 4.95. The lowest BCUT2D eigenvalue weighted by Crippen LogP contribution is -2.58. The summed E-state index contributed by atoms with van der Waals surface area (Å²) in [5.41, 5.74) is -0.665. The molecule has 0 aliphatic rings. The Kier molecular flexibility index (Phi) is 8.31. The maximum absolute atomic E-state index is 12.2. The van der Waals surface area contributed by atoms with E-state index >= 15 is 0 Å². The fourth-order valence-corrected chi connectivity index (χ4v) is 2.78. The van der Waals surface area contributed by atoms with Crippen LogP contribution >= 0.6 is 0 Å². The van der Waals surface area contributed by atoms with Crippen LogP contribution in [0.15, 0.2) is 0 Å². The molecule has 114 valence electrons. The Bertz CT molecular complexity index is 267. The fraction of sp³-hybridized carbons (Fsp3) is 0.938. The average Bonchev–Trinajstić information content (AvgIpc) is 2.41. The van der Waals surface area contributed by atoms with Crippen molar-refractivity contribution in [2.45, 2.75) is 78.7 Å². The highest BCUT2D eigenvalue weighted by atomic mass is 16.5. The third-order valence-electron chi connectivity index (χ3n) is 4.61. The van der Waals surface area contributed by atoms with Gasteiger partial charge in [-0.15, -0.1) is 0 Å². The van der Waals surface area contributed by atoms with E-state index in [1.807, 2.05) is 6.92 Å². The number of carbonyl (C=O) groups is 1. The Morgan fingerprint density at radius 3 is 2.16 bits per heavy atom. The summed E-state index contributed by atoms with van der Waals surface area (Å²) in [6.45, 7) is 11.6. The number of nitrogens with one attached hydrogen (secondary N) is 1. The highest BCUT2D eigenvalue weighted by molar-refractivity contribution is 5.78. The van der Waals surface area contributed by atoms with Gasteiger partial charge in [-0.2, -0.15) is 0 Å². The van der Waals surface area contributed by atoms with Crippen LogP contribution in [-0.4, -0.2) is 25.2 Å². The Morgan fingerprint density at radius 1 is 1.11 bits per heavy atom. The molecule has 3 nitrogen and oxygen atoms in total. The monoisotopic (exact) mass is 271 g/mol. The Labute approximate surface area is 119 Å². The molecular formula is C16H33NO2. The molecule has 0 aromatic heterocycles. The number of esters is 1. The Morgan fingerprint density at radius 2 is 1.74 bits per heavy atom. The zero-order valence-corrected chi connectivity index (χ0v) is 13.8. The molecule has 0 radical (unpaired) electrons. The molecule has 1 N–H and O–H groups in total. The number of ether oxygens (including phenoxy) is 1. The second kappa shape index (κ2) is 8.57. The summed E-state index contributed by atoms with van der Waals surface area (Å²) in [5.74, 6) is -0.103. The van der Waals surface area contributed by atoms with E-state index < -0.39 is 5.41 Å². The van der Waals surface area contributed by atoms with Gasteiger partial charge in [0.1, 0.15) is 0 Å². The average molecular weight is 271 g/mol. The van der Waals surface area contributed by atoms with Gasteiger partial charge in [0.25, 0.3) is 0 Å². The van der Waals surface area contributed by atoms with Crippen molar-refractivity contribution in [2.24, 2.45) is 5.41 Å². The predicted octanol–water partition coefficient (Wildman–Crippen LogP) is 3.91. The highest BCUT2D eigenvalue weighted by Crippen LogP contribution is 2.39. The third-order valence-corrected chi connectivity index (χ3v) is 4.61. The van der Waals surface area contributed by atoms with E-state index in [1.165, 1.54) is 20.0 Å². The van der Waals surface area contributed by atoms with Crippen LogP contribution in [0, 0.1) is 5.41 Å². The quantitative estimate of drug-likeness (QED) is 0.483. The summed E-state index contributed by atoms with van der Waals surface area (Å²) in [5, 5.41) is 3.64. The summed E-state index contributed by atoms with van der Waals surface area (Å²) in [7, 11) is 1.49. The van der Waals surface area contributed by atoms with Crippen molar-refractivity contribution in [1.82, 2.24) is 5.32 Å². The molecule has 0 aromatic carbocycles. The van der Waals surface area contributed by atoms with E-state index in [2.05, 4.69) is 33.0 Å². The number of carbonyl (C=O) groups excluding carboxylic acids is 1. The van der Waals surface area contributed by atoms with E-state index in [1.54, 1.807) is 0 Å². The van der Waals surface area contributed by atoms with Crippen LogP contribution in [0.1, 0.15) is 73.1 Å². The van der Waals surface area contributed by atoms with Gasteiger partial charge in [-0.25, -0.2) is 0 Å². The SMILES string of the molecule is CCCCCNC(C)(CCC)C(C)(CC)C(=O)OC. The summed E-state index contributed by atoms with van der Waals surface area (Å²) in [4.78, 5) is 12.2. The molecule has 2 unspecified atom stereocenters. The first kappa shape index (κ1) is 18.4. The van der Waals surface area contributed by atoms with E-state index in [0.29, 0.717) is 0 Å². The molecule has 0 aliphatic heterocycles. The molecular weight excluding hydrogens is 238 g/mol. The molecule has 0 heterocycles. The first-order valence-corrected chi connectivity index (χ1v) is 7.75. The molecule has 0 aromatic rings. The minimum atomic E-state index is -0.468. The van der Waals surface area contributed by atoms with Crippen LogP contribution in [-0.2, 0) is 9.53 Å². The van der Waals surface area contributed by atoms with Gasteiger partial charge in [0.2, 0.25) is 0 Å². The van der Waals surface area contributed by atoms with E-state index in [0.717, 1.165) is 32.2 Å². The van der Waals surface area contributed by atoms with Crippen molar-refractivity contribution in [3.8, 4) is 0 Å². The summed E-state index contributed by atoms with van der Waals surface area (Å²) in [6.07, 6.45) is 6.45. The minimum Gasteiger partial charge on any atom is -0.469 e. The van der Waals surface area contributed by atoms with Gasteiger partial charge in [-0.05, 0) is 39.7 Å². The van der Waals surface area contributed by atoms with Gasteiger partial charge in [0.05, 0.1) is 12.5 Å². The van der Waals surface area contributed by atoms with E-state index in [9.17, 15) is 4.79 Å². The highest BCUT2D eigenvalue weighted by Gasteiger charge is 2.48. The van der Waals surface area contributed by atoms with Gasteiger partial charge in [0.15, 0.2) is 0 Å². The normalized spacial score (nSPS) is 17.6. The smallest absolute Gasteiger partial charge is 0.313 e. The van der Waals surface area contributed by atoms with Crippen molar-refractivity contribution in [3.63, 3.8) is 0 Å². The van der Waals surface area contributed by atoms with Crippen LogP contribution in [0.3, 0.4) is 0 Å². The van der Waals surface area contributed by atoms with Crippen LogP contribution in [0.2, 0.25) is 0 Å². The molecule has 0 spiro atoms. The van der Waals surface area contributed by atoms with Gasteiger partial charge in [0, 0.05) is 5.54 Å². The van der Waals surface area contributed by atoms with Crippen molar-refractivity contribution < 1.29 is 9.53 Å². The molecule has 2 atom stereocenters. The summed E-state index contributed by atoms with van der Waals surface area (Å²) >= 11 is 0. The third kappa shape index (κ3) is 4.48. The topological polar surface area (TPSA) is 38.3 Å². The summed E-state index contributed by atoms with van der Waals surface area (Å²) < 4.78 is 5.05. The molecule has 0 bridgehead atoms. The second-order valence-corrected chi connectivity index (χ2v) is 5.89. The first-order valence-electron chi connectivity index (χ1n) is 7.75. The number of hydrogen-bond acceptors (Lipinski definition) is 3. The van der Waals surface area contributed by atoms with E-state index in [-0.39, 0.29) is 11.5 Å². The molecule has 0 saturated heterocycles. The van der Waals surface area contributed by atoms with Crippen LogP contribution in [0.4, 0.5) is 0 Å². The number of hydrogen-bond donors (Lipinski definition) is 1. The molecule has 0 saturated carbocycles. The van der Waals surface area contributed by atoms with Crippen LogP contribution in [0.5, 0.6) is 0 Å². The summed E-state index contributed by atoms with van der Waals surface area (Å²) in [6, 6.07) is 0. The molecule has 0 aliphatic carbocycles. The van der Waals surface area contributed by atoms with Crippen LogP contribution in [0.25, 0.3) is 0 Å². The van der Waals surface area contributed by atoms with Gasteiger partial charge >= 0.3 is 5.97 Å². The van der Waals surface area contributed by atoms with Crippen molar-refractivity contribution >= 4 is 5.97 Å². The van der Waals surface area contributed by atoms with Crippen LogP contribution < -0.4 is 5.32 Å². The maximum atomic E-state index is 12.2. The minimum absolute atomic E-state index is 0.103. The molecule has 0 fully saturated rings. The molecule has 0 rings (SSSR count). The number of unbranched alkanes of at least 4 members (excludes halogenated alkanes) is 2. The number of rotatable bonds is 10. The fourth-order valence-electron chi connectivity index (χ4n) is 2.78. The lowest BCUT2D eigenvalue weighted by Gasteiger charge is -2.45. The van der Waals surface area contributed by atoms with Crippen molar-refractivity contribution in [2.75, 3.05) is 13.7 Å². The molecule has 0 amide bonds. The number of methoxy groups -OCH3 is 1. The lowest BCUT2D eigenvalue weighted by atomic mass is 9.67. The largest absolute Gasteiger partial charge is 0.469 e.